The van der Waals surface area contributed by atoms with Crippen LogP contribution in [0.1, 0.15) is 58.1 Å². The zero-order valence-electron chi connectivity index (χ0n) is 17.4. The van der Waals surface area contributed by atoms with Crippen LogP contribution in [-0.2, 0) is 14.8 Å². The Kier molecular flexibility index (Phi) is 8.60. The first-order chi connectivity index (χ1) is 13.8. The number of nitrogens with zero attached hydrogens (tertiary/aromatic N) is 1. The highest BCUT2D eigenvalue weighted by Crippen LogP contribution is 2.19. The van der Waals surface area contributed by atoms with E-state index in [1.165, 1.54) is 4.31 Å². The van der Waals surface area contributed by atoms with Gasteiger partial charge in [0.1, 0.15) is 0 Å². The van der Waals surface area contributed by atoms with Gasteiger partial charge >= 0.3 is 6.03 Å². The van der Waals surface area contributed by atoms with Crippen molar-refractivity contribution in [3.8, 4) is 0 Å². The molecule has 0 aliphatic heterocycles. The second-order valence-corrected chi connectivity index (χ2v) is 9.20. The number of hydrogen-bond acceptors (Lipinski definition) is 5. The predicted molar refractivity (Wildman–Crippen MR) is 112 cm³/mol. The van der Waals surface area contributed by atoms with Gasteiger partial charge in [-0.3, -0.25) is 10.1 Å². The quantitative estimate of drug-likeness (QED) is 0.563. The summed E-state index contributed by atoms with van der Waals surface area (Å²) < 4.78 is 26.5. The Bertz CT molecular complexity index is 785. The molecule has 0 bridgehead atoms. The van der Waals surface area contributed by atoms with E-state index < -0.39 is 22.0 Å². The summed E-state index contributed by atoms with van der Waals surface area (Å²) >= 11 is 0. The summed E-state index contributed by atoms with van der Waals surface area (Å²) in [7, 11) is -3.49. The van der Waals surface area contributed by atoms with E-state index >= 15 is 0 Å². The molecule has 0 heterocycles. The molecule has 29 heavy (non-hydrogen) atoms. The van der Waals surface area contributed by atoms with E-state index in [0.717, 1.165) is 31.2 Å². The van der Waals surface area contributed by atoms with Crippen LogP contribution in [0.15, 0.2) is 29.2 Å². The maximum atomic E-state index is 12.5. The van der Waals surface area contributed by atoms with Crippen molar-refractivity contribution >= 4 is 22.0 Å². The normalized spacial score (nSPS) is 16.0. The Morgan fingerprint density at radius 1 is 1.10 bits per heavy atom. The second-order valence-electron chi connectivity index (χ2n) is 7.26. The zero-order valence-corrected chi connectivity index (χ0v) is 18.2. The number of urea groups is 1. The first-order valence-corrected chi connectivity index (χ1v) is 11.7. The summed E-state index contributed by atoms with van der Waals surface area (Å²) in [4.78, 5) is 24.0. The number of hydrogen-bond donors (Lipinski definition) is 3. The monoisotopic (exact) mass is 424 g/mol. The van der Waals surface area contributed by atoms with Crippen molar-refractivity contribution in [2.45, 2.75) is 63.4 Å². The van der Waals surface area contributed by atoms with Gasteiger partial charge in [0.15, 0.2) is 0 Å². The zero-order chi connectivity index (χ0) is 21.4. The Labute approximate surface area is 173 Å². The molecular formula is C20H32N4O4S. The number of amides is 3. The van der Waals surface area contributed by atoms with E-state index in [0.29, 0.717) is 13.1 Å². The van der Waals surface area contributed by atoms with Gasteiger partial charge in [0.05, 0.1) is 11.4 Å². The molecule has 3 amide bonds. The standard InChI is InChI=1S/C20H32N4O4S/c1-4-24(5-2)29(27,28)18-12-10-16(11-13-18)15(3)21-14-19(25)23-20(26)22-17-8-6-7-9-17/h10-13,15,17,21H,4-9,14H2,1-3H3,(H2,22,23,25,26)/t15-/m0/s1. The van der Waals surface area contributed by atoms with E-state index in [2.05, 4.69) is 16.0 Å². The molecule has 9 heteroatoms. The van der Waals surface area contributed by atoms with Crippen LogP contribution in [0.2, 0.25) is 0 Å². The molecule has 1 aromatic rings. The lowest BCUT2D eigenvalue weighted by atomic mass is 10.1. The molecule has 1 aliphatic carbocycles. The van der Waals surface area contributed by atoms with E-state index in [9.17, 15) is 18.0 Å². The largest absolute Gasteiger partial charge is 0.335 e. The number of carbonyl (C=O) groups excluding carboxylic acids is 2. The third-order valence-corrected chi connectivity index (χ3v) is 7.30. The highest BCUT2D eigenvalue weighted by atomic mass is 32.2. The van der Waals surface area contributed by atoms with Crippen LogP contribution in [0.4, 0.5) is 4.79 Å². The number of imide groups is 1. The molecule has 1 saturated carbocycles. The van der Waals surface area contributed by atoms with Crippen LogP contribution in [0.3, 0.4) is 0 Å². The summed E-state index contributed by atoms with van der Waals surface area (Å²) in [5, 5.41) is 8.19. The molecule has 1 atom stereocenters. The molecular weight excluding hydrogens is 392 g/mol. The lowest BCUT2D eigenvalue weighted by Crippen LogP contribution is -2.46. The number of sulfonamides is 1. The first kappa shape index (κ1) is 23.3. The Morgan fingerprint density at radius 2 is 1.69 bits per heavy atom. The van der Waals surface area contributed by atoms with E-state index in [-0.39, 0.29) is 23.5 Å². The van der Waals surface area contributed by atoms with Gasteiger partial charge in [-0.2, -0.15) is 4.31 Å². The number of carbonyl (C=O) groups is 2. The van der Waals surface area contributed by atoms with Crippen LogP contribution in [0.25, 0.3) is 0 Å². The van der Waals surface area contributed by atoms with Crippen LogP contribution >= 0.6 is 0 Å². The van der Waals surface area contributed by atoms with Gasteiger partial charge in [-0.05, 0) is 37.5 Å². The molecule has 0 radical (unpaired) electrons. The minimum absolute atomic E-state index is 0.0151. The van der Waals surface area contributed by atoms with Crippen molar-refractivity contribution in [2.24, 2.45) is 0 Å². The smallest absolute Gasteiger partial charge is 0.321 e. The highest BCUT2D eigenvalue weighted by molar-refractivity contribution is 7.89. The molecule has 0 unspecified atom stereocenters. The summed E-state index contributed by atoms with van der Waals surface area (Å²) in [6, 6.07) is 6.15. The third-order valence-electron chi connectivity index (χ3n) is 5.24. The second kappa shape index (κ2) is 10.7. The topological polar surface area (TPSA) is 108 Å². The Morgan fingerprint density at radius 3 is 2.24 bits per heavy atom. The summed E-state index contributed by atoms with van der Waals surface area (Å²) in [6.07, 6.45) is 4.12. The van der Waals surface area contributed by atoms with Gasteiger partial charge in [0.25, 0.3) is 0 Å². The average Bonchev–Trinajstić information content (AvgIpc) is 3.19. The first-order valence-electron chi connectivity index (χ1n) is 10.2. The molecule has 3 N–H and O–H groups in total. The highest BCUT2D eigenvalue weighted by Gasteiger charge is 2.22. The fraction of sp³-hybridized carbons (Fsp3) is 0.600. The van der Waals surface area contributed by atoms with Gasteiger partial charge in [0, 0.05) is 25.2 Å². The van der Waals surface area contributed by atoms with Gasteiger partial charge in [-0.25, -0.2) is 13.2 Å². The minimum atomic E-state index is -3.49. The van der Waals surface area contributed by atoms with E-state index in [1.807, 2.05) is 6.92 Å². The van der Waals surface area contributed by atoms with Crippen LogP contribution in [-0.4, -0.2) is 50.3 Å². The molecule has 162 valence electrons. The van der Waals surface area contributed by atoms with E-state index in [4.69, 9.17) is 0 Å². The number of benzene rings is 1. The van der Waals surface area contributed by atoms with Crippen molar-refractivity contribution in [3.63, 3.8) is 0 Å². The average molecular weight is 425 g/mol. The van der Waals surface area contributed by atoms with Crippen molar-refractivity contribution in [3.05, 3.63) is 29.8 Å². The van der Waals surface area contributed by atoms with Gasteiger partial charge < -0.3 is 10.6 Å². The van der Waals surface area contributed by atoms with E-state index in [1.54, 1.807) is 38.1 Å². The van der Waals surface area contributed by atoms with Crippen molar-refractivity contribution in [1.82, 2.24) is 20.3 Å². The molecule has 1 aromatic carbocycles. The van der Waals surface area contributed by atoms with Crippen LogP contribution in [0, 0.1) is 0 Å². The third kappa shape index (κ3) is 6.52. The maximum absolute atomic E-state index is 12.5. The molecule has 1 fully saturated rings. The fourth-order valence-electron chi connectivity index (χ4n) is 3.47. The molecule has 0 spiro atoms. The number of nitrogens with one attached hydrogen (secondary N) is 3. The van der Waals surface area contributed by atoms with Crippen LogP contribution < -0.4 is 16.0 Å². The maximum Gasteiger partial charge on any atom is 0.321 e. The minimum Gasteiger partial charge on any atom is -0.335 e. The fourth-order valence-corrected chi connectivity index (χ4v) is 4.93. The molecule has 0 aromatic heterocycles. The van der Waals surface area contributed by atoms with Gasteiger partial charge in [-0.15, -0.1) is 0 Å². The van der Waals surface area contributed by atoms with Crippen LogP contribution in [0.5, 0.6) is 0 Å². The van der Waals surface area contributed by atoms with Gasteiger partial charge in [0.2, 0.25) is 15.9 Å². The van der Waals surface area contributed by atoms with Crippen molar-refractivity contribution in [1.29, 1.82) is 0 Å². The SMILES string of the molecule is CCN(CC)S(=O)(=O)c1ccc([C@H](C)NCC(=O)NC(=O)NC2CCCC2)cc1. The number of rotatable bonds is 9. The Balaban J connectivity index is 1.85. The molecule has 2 rings (SSSR count). The van der Waals surface area contributed by atoms with Crippen molar-refractivity contribution in [2.75, 3.05) is 19.6 Å². The Hall–Kier alpha value is -1.97. The van der Waals surface area contributed by atoms with Crippen molar-refractivity contribution < 1.29 is 18.0 Å². The lowest BCUT2D eigenvalue weighted by Gasteiger charge is -2.19. The molecule has 0 saturated heterocycles. The summed E-state index contributed by atoms with van der Waals surface area (Å²) in [5.41, 5.74) is 0.853. The molecule has 8 nitrogen and oxygen atoms in total. The predicted octanol–water partition coefficient (Wildman–Crippen LogP) is 2.14. The van der Waals surface area contributed by atoms with Gasteiger partial charge in [-0.1, -0.05) is 38.8 Å². The summed E-state index contributed by atoms with van der Waals surface area (Å²) in [5.74, 6) is -0.409. The lowest BCUT2D eigenvalue weighted by molar-refractivity contribution is -0.119. The molecule has 1 aliphatic rings. The summed E-state index contributed by atoms with van der Waals surface area (Å²) in [6.45, 7) is 6.31.